The molecule has 7 nitrogen and oxygen atoms in total. The second kappa shape index (κ2) is 6.67. The van der Waals surface area contributed by atoms with E-state index in [-0.39, 0.29) is 12.1 Å². The molecule has 0 spiro atoms. The number of nitrogens with one attached hydrogen (secondary N) is 2. The molecule has 0 aliphatic rings. The minimum Gasteiger partial charge on any atom is -0.336 e. The molecule has 1 aromatic heterocycles. The Morgan fingerprint density at radius 1 is 1.40 bits per heavy atom. The summed E-state index contributed by atoms with van der Waals surface area (Å²) in [6, 6.07) is 7.19. The van der Waals surface area contributed by atoms with Gasteiger partial charge in [0, 0.05) is 24.5 Å². The Kier molecular flexibility index (Phi) is 4.67. The quantitative estimate of drug-likeness (QED) is 0.761. The van der Waals surface area contributed by atoms with Crippen LogP contribution in [0.2, 0.25) is 0 Å². The number of hydrogen-bond donors (Lipinski definition) is 3. The van der Waals surface area contributed by atoms with Crippen LogP contribution in [0, 0.1) is 0 Å². The van der Waals surface area contributed by atoms with E-state index < -0.39 is 0 Å². The number of anilines is 1. The summed E-state index contributed by atoms with van der Waals surface area (Å²) < 4.78 is 1.65. The molecule has 0 fully saturated rings. The van der Waals surface area contributed by atoms with Crippen molar-refractivity contribution in [2.45, 2.75) is 19.5 Å². The van der Waals surface area contributed by atoms with Crippen LogP contribution < -0.4 is 16.4 Å². The molecule has 2 amide bonds. The first-order valence-corrected chi connectivity index (χ1v) is 6.39. The number of nitrogens with zero attached hydrogens (tertiary/aromatic N) is 3. The van der Waals surface area contributed by atoms with Crippen LogP contribution in [-0.2, 0) is 6.54 Å². The van der Waals surface area contributed by atoms with Crippen LogP contribution in [0.1, 0.15) is 18.5 Å². The van der Waals surface area contributed by atoms with Crippen LogP contribution >= 0.6 is 0 Å². The fourth-order valence-corrected chi connectivity index (χ4v) is 1.68. The van der Waals surface area contributed by atoms with E-state index in [9.17, 15) is 4.79 Å². The zero-order valence-corrected chi connectivity index (χ0v) is 11.3. The number of rotatable bonds is 5. The lowest BCUT2D eigenvalue weighted by Gasteiger charge is -2.09. The van der Waals surface area contributed by atoms with Crippen molar-refractivity contribution in [3.05, 3.63) is 42.2 Å². The molecule has 4 N–H and O–H groups in total. The van der Waals surface area contributed by atoms with E-state index in [0.29, 0.717) is 13.1 Å². The molecule has 2 aromatic rings. The molecule has 0 saturated carbocycles. The molecule has 106 valence electrons. The van der Waals surface area contributed by atoms with Crippen molar-refractivity contribution in [3.63, 3.8) is 0 Å². The number of amides is 2. The van der Waals surface area contributed by atoms with Crippen molar-refractivity contribution in [3.8, 4) is 0 Å². The van der Waals surface area contributed by atoms with Gasteiger partial charge in [0.25, 0.3) is 0 Å². The van der Waals surface area contributed by atoms with Gasteiger partial charge in [0.2, 0.25) is 0 Å². The van der Waals surface area contributed by atoms with Gasteiger partial charge in [0.05, 0.1) is 12.7 Å². The molecule has 1 atom stereocenters. The average Bonchev–Trinajstić information content (AvgIpc) is 2.92. The fraction of sp³-hybridized carbons (Fsp3) is 0.308. The van der Waals surface area contributed by atoms with Crippen LogP contribution in [0.25, 0.3) is 0 Å². The standard InChI is InChI=1S/C13H18N6O/c1-10(14)11-2-4-12(5-3-11)17-13(20)15-6-8-19-9-7-16-18-19/h2-5,7,9-10H,6,8,14H2,1H3,(H2,15,17,20). The van der Waals surface area contributed by atoms with E-state index in [1.807, 2.05) is 31.2 Å². The average molecular weight is 274 g/mol. The highest BCUT2D eigenvalue weighted by atomic mass is 16.2. The number of urea groups is 1. The van der Waals surface area contributed by atoms with Gasteiger partial charge in [-0.05, 0) is 24.6 Å². The van der Waals surface area contributed by atoms with E-state index >= 15 is 0 Å². The van der Waals surface area contributed by atoms with Gasteiger partial charge in [-0.25, -0.2) is 4.79 Å². The number of carbonyl (C=O) groups is 1. The molecule has 1 unspecified atom stereocenters. The third kappa shape index (κ3) is 4.06. The van der Waals surface area contributed by atoms with Crippen LogP contribution in [0.4, 0.5) is 10.5 Å². The first-order valence-electron chi connectivity index (χ1n) is 6.39. The summed E-state index contributed by atoms with van der Waals surface area (Å²) in [5, 5.41) is 13.0. The van der Waals surface area contributed by atoms with Crippen LogP contribution in [-0.4, -0.2) is 27.6 Å². The van der Waals surface area contributed by atoms with Gasteiger partial charge in [0.1, 0.15) is 0 Å². The highest BCUT2D eigenvalue weighted by Gasteiger charge is 2.03. The summed E-state index contributed by atoms with van der Waals surface area (Å²) in [6.07, 6.45) is 3.34. The molecular formula is C13H18N6O. The predicted octanol–water partition coefficient (Wildman–Crippen LogP) is 1.12. The van der Waals surface area contributed by atoms with Crippen LogP contribution in [0.3, 0.4) is 0 Å². The van der Waals surface area contributed by atoms with E-state index in [1.54, 1.807) is 17.1 Å². The number of benzene rings is 1. The normalized spacial score (nSPS) is 11.9. The lowest BCUT2D eigenvalue weighted by atomic mass is 10.1. The number of hydrogen-bond acceptors (Lipinski definition) is 4. The maximum absolute atomic E-state index is 11.7. The minimum atomic E-state index is -0.251. The van der Waals surface area contributed by atoms with E-state index in [4.69, 9.17) is 5.73 Å². The first-order chi connectivity index (χ1) is 9.65. The topological polar surface area (TPSA) is 97.9 Å². The van der Waals surface area contributed by atoms with Gasteiger partial charge >= 0.3 is 6.03 Å². The molecular weight excluding hydrogens is 256 g/mol. The van der Waals surface area contributed by atoms with Crippen LogP contribution in [0.15, 0.2) is 36.7 Å². The molecule has 7 heteroatoms. The predicted molar refractivity (Wildman–Crippen MR) is 76.1 cm³/mol. The largest absolute Gasteiger partial charge is 0.336 e. The summed E-state index contributed by atoms with van der Waals surface area (Å²) in [7, 11) is 0. The maximum Gasteiger partial charge on any atom is 0.319 e. The Morgan fingerprint density at radius 2 is 2.15 bits per heavy atom. The molecule has 1 aromatic carbocycles. The van der Waals surface area contributed by atoms with Crippen molar-refractivity contribution in [1.29, 1.82) is 0 Å². The minimum absolute atomic E-state index is 0.0134. The van der Waals surface area contributed by atoms with Gasteiger partial charge in [-0.1, -0.05) is 17.3 Å². The molecule has 2 rings (SSSR count). The first kappa shape index (κ1) is 14.0. The Bertz CT molecular complexity index is 534. The zero-order valence-electron chi connectivity index (χ0n) is 11.3. The van der Waals surface area contributed by atoms with E-state index in [1.165, 1.54) is 0 Å². The molecule has 20 heavy (non-hydrogen) atoms. The lowest BCUT2D eigenvalue weighted by Crippen LogP contribution is -2.31. The molecule has 0 bridgehead atoms. The smallest absolute Gasteiger partial charge is 0.319 e. The Labute approximate surface area is 117 Å². The van der Waals surface area contributed by atoms with Crippen molar-refractivity contribution in [1.82, 2.24) is 20.3 Å². The van der Waals surface area contributed by atoms with Gasteiger partial charge in [-0.3, -0.25) is 4.68 Å². The summed E-state index contributed by atoms with van der Waals surface area (Å²) in [4.78, 5) is 11.7. The van der Waals surface area contributed by atoms with Gasteiger partial charge in [-0.2, -0.15) is 0 Å². The highest BCUT2D eigenvalue weighted by Crippen LogP contribution is 2.13. The maximum atomic E-state index is 11.7. The third-order valence-corrected chi connectivity index (χ3v) is 2.79. The number of nitrogens with two attached hydrogens (primary N) is 1. The second-order valence-corrected chi connectivity index (χ2v) is 4.46. The molecule has 0 aliphatic heterocycles. The molecule has 0 aliphatic carbocycles. The molecule has 1 heterocycles. The highest BCUT2D eigenvalue weighted by molar-refractivity contribution is 5.89. The summed E-state index contributed by atoms with van der Waals surface area (Å²) in [5.74, 6) is 0. The summed E-state index contributed by atoms with van der Waals surface area (Å²) >= 11 is 0. The van der Waals surface area contributed by atoms with Crippen molar-refractivity contribution < 1.29 is 4.79 Å². The number of aromatic nitrogens is 3. The Morgan fingerprint density at radius 3 is 2.75 bits per heavy atom. The summed E-state index contributed by atoms with van der Waals surface area (Å²) in [6.45, 7) is 2.98. The zero-order chi connectivity index (χ0) is 14.4. The molecule has 0 radical (unpaired) electrons. The van der Waals surface area contributed by atoms with E-state index in [0.717, 1.165) is 11.3 Å². The molecule has 0 saturated heterocycles. The number of carbonyl (C=O) groups excluding carboxylic acids is 1. The van der Waals surface area contributed by atoms with Crippen LogP contribution in [0.5, 0.6) is 0 Å². The monoisotopic (exact) mass is 274 g/mol. The van der Waals surface area contributed by atoms with E-state index in [2.05, 4.69) is 20.9 Å². The lowest BCUT2D eigenvalue weighted by molar-refractivity contribution is 0.251. The Hall–Kier alpha value is -2.41. The summed E-state index contributed by atoms with van der Waals surface area (Å²) in [5.41, 5.74) is 7.52. The van der Waals surface area contributed by atoms with Crippen molar-refractivity contribution >= 4 is 11.7 Å². The SMILES string of the molecule is CC(N)c1ccc(NC(=O)NCCn2ccnn2)cc1. The second-order valence-electron chi connectivity index (χ2n) is 4.46. The van der Waals surface area contributed by atoms with Crippen molar-refractivity contribution in [2.75, 3.05) is 11.9 Å². The fourth-order valence-electron chi connectivity index (χ4n) is 1.68. The van der Waals surface area contributed by atoms with Crippen molar-refractivity contribution in [2.24, 2.45) is 5.73 Å². The van der Waals surface area contributed by atoms with Gasteiger partial charge < -0.3 is 16.4 Å². The Balaban J connectivity index is 1.76. The third-order valence-electron chi connectivity index (χ3n) is 2.79. The van der Waals surface area contributed by atoms with Gasteiger partial charge in [-0.15, -0.1) is 5.10 Å². The van der Waals surface area contributed by atoms with Gasteiger partial charge in [0.15, 0.2) is 0 Å².